The van der Waals surface area contributed by atoms with Gasteiger partial charge in [-0.15, -0.1) is 0 Å². The number of rotatable bonds is 0. The molecule has 0 rings (SSSR count). The SMILES string of the molecule is [O]=[BiH].[V].[W]. The number of hydrogen-bond acceptors (Lipinski definition) is 1. The Morgan fingerprint density at radius 2 is 1.25 bits per heavy atom. The van der Waals surface area contributed by atoms with E-state index >= 15 is 0 Å². The summed E-state index contributed by atoms with van der Waals surface area (Å²) in [4.78, 5) is 0. The minimum atomic E-state index is 0. The van der Waals surface area contributed by atoms with Crippen molar-refractivity contribution < 1.29 is 42.4 Å². The smallest absolute Gasteiger partial charge is 0 e. The summed E-state index contributed by atoms with van der Waals surface area (Å²) in [5, 5.41) is 0. The molecule has 0 aromatic carbocycles. The van der Waals surface area contributed by atoms with Gasteiger partial charge in [0.2, 0.25) is 0 Å². The van der Waals surface area contributed by atoms with Crippen molar-refractivity contribution in [3.8, 4) is 0 Å². The summed E-state index contributed by atoms with van der Waals surface area (Å²) in [6.07, 6.45) is 0. The second-order valence-corrected chi connectivity index (χ2v) is 0. The molecule has 0 bridgehead atoms. The zero-order chi connectivity index (χ0) is 2.00. The van der Waals surface area contributed by atoms with E-state index in [1.165, 1.54) is 0 Å². The molecule has 0 N–H and O–H groups in total. The van der Waals surface area contributed by atoms with Crippen molar-refractivity contribution in [1.29, 1.82) is 0 Å². The Labute approximate surface area is 66.4 Å². The van der Waals surface area contributed by atoms with Crippen molar-refractivity contribution in [2.75, 3.05) is 0 Å². The van der Waals surface area contributed by atoms with E-state index in [1.54, 1.807) is 0 Å². The van der Waals surface area contributed by atoms with E-state index in [-0.39, 0.29) is 64.3 Å². The monoisotopic (exact) mass is 461 g/mol. The summed E-state index contributed by atoms with van der Waals surface area (Å²) in [5.74, 6) is 0. The summed E-state index contributed by atoms with van der Waals surface area (Å²) < 4.78 is 8.39. The summed E-state index contributed by atoms with van der Waals surface area (Å²) in [6.45, 7) is 0. The molecular weight excluding hydrogens is 460 g/mol. The standard InChI is InChI=1S/Bi.O.V.W.H. The molecule has 4 heavy (non-hydrogen) atoms. The van der Waals surface area contributed by atoms with Gasteiger partial charge in [0.15, 0.2) is 0 Å². The second-order valence-electron chi connectivity index (χ2n) is 0. The molecule has 0 unspecified atom stereocenters. The van der Waals surface area contributed by atoms with Gasteiger partial charge in [-0.1, -0.05) is 0 Å². The van der Waals surface area contributed by atoms with Gasteiger partial charge in [0.1, 0.15) is 0 Å². The maximum absolute atomic E-state index is 8.39. The van der Waals surface area contributed by atoms with E-state index in [0.29, 0.717) is 0 Å². The molecule has 1 nitrogen and oxygen atoms in total. The fourth-order valence-corrected chi connectivity index (χ4v) is 0. The van der Waals surface area contributed by atoms with Crippen LogP contribution in [0.3, 0.4) is 0 Å². The van der Waals surface area contributed by atoms with Crippen molar-refractivity contribution >= 4 is 24.7 Å². The zero-order valence-electron chi connectivity index (χ0n) is 1.76. The third-order valence-electron chi connectivity index (χ3n) is 0. The molecular formula is HBiOVW. The van der Waals surface area contributed by atoms with Crippen LogP contribution < -0.4 is 0 Å². The molecule has 0 amide bonds. The number of hydrogen-bond donors (Lipinski definition) is 0. The van der Waals surface area contributed by atoms with Crippen molar-refractivity contribution in [1.82, 2.24) is 0 Å². The Kier molecular flexibility index (Phi) is 84.9. The van der Waals surface area contributed by atoms with Crippen LogP contribution in [0.1, 0.15) is 0 Å². The molecule has 0 atom stereocenters. The molecule has 0 spiro atoms. The molecule has 4 heteroatoms. The Bertz CT molecular complexity index is 8.00. The third-order valence-corrected chi connectivity index (χ3v) is 0. The average Bonchev–Trinajstić information content (AvgIpc) is 1.00. The van der Waals surface area contributed by atoms with Crippen LogP contribution in [0.2, 0.25) is 0 Å². The van der Waals surface area contributed by atoms with Gasteiger partial charge in [-0.25, -0.2) is 0 Å². The maximum Gasteiger partial charge on any atom is 0 e. The zero-order valence-corrected chi connectivity index (χ0v) is 9.98. The summed E-state index contributed by atoms with van der Waals surface area (Å²) in [6, 6.07) is 0. The van der Waals surface area contributed by atoms with Crippen molar-refractivity contribution in [2.45, 2.75) is 0 Å². The van der Waals surface area contributed by atoms with Gasteiger partial charge in [-0.3, -0.25) is 0 Å². The van der Waals surface area contributed by atoms with Gasteiger partial charge in [0, 0.05) is 39.6 Å². The minimum absolute atomic E-state index is 0. The van der Waals surface area contributed by atoms with Crippen LogP contribution in [0, 0.1) is 0 Å². The Balaban J connectivity index is -0.00000000500. The van der Waals surface area contributed by atoms with Crippen LogP contribution in [-0.2, 0) is 42.4 Å². The first kappa shape index (κ1) is 16.7. The second kappa shape index (κ2) is 20.3. The van der Waals surface area contributed by atoms with Gasteiger partial charge < -0.3 is 0 Å². The fourth-order valence-electron chi connectivity index (χ4n) is 0. The van der Waals surface area contributed by atoms with Crippen molar-refractivity contribution in [2.24, 2.45) is 0 Å². The molecule has 0 aliphatic carbocycles. The van der Waals surface area contributed by atoms with Crippen LogP contribution in [0.5, 0.6) is 0 Å². The van der Waals surface area contributed by atoms with Crippen LogP contribution in [0.25, 0.3) is 0 Å². The van der Waals surface area contributed by atoms with E-state index in [4.69, 9.17) is 2.81 Å². The Morgan fingerprint density at radius 3 is 1.25 bits per heavy atom. The molecule has 0 saturated carbocycles. The van der Waals surface area contributed by atoms with Crippen molar-refractivity contribution in [3.05, 3.63) is 0 Å². The van der Waals surface area contributed by atoms with Gasteiger partial charge in [0.25, 0.3) is 0 Å². The molecule has 0 aliphatic heterocycles. The first-order valence-electron chi connectivity index (χ1n) is 0.204. The first-order valence-corrected chi connectivity index (χ1v) is 1.79. The van der Waals surface area contributed by atoms with E-state index in [9.17, 15) is 0 Å². The maximum atomic E-state index is 8.39. The van der Waals surface area contributed by atoms with Gasteiger partial charge in [0.05, 0.1) is 0 Å². The molecule has 0 aromatic heterocycles. The third kappa shape index (κ3) is 9.04. The summed E-state index contributed by atoms with van der Waals surface area (Å²) in [7, 11) is 0. The molecule has 0 fully saturated rings. The van der Waals surface area contributed by atoms with E-state index < -0.39 is 0 Å². The van der Waals surface area contributed by atoms with E-state index in [2.05, 4.69) is 0 Å². The minimum Gasteiger partial charge on any atom is 0 e. The van der Waals surface area contributed by atoms with Crippen LogP contribution in [-0.4, -0.2) is 24.7 Å². The molecule has 23 valence electrons. The molecule has 0 aliphatic rings. The molecule has 0 saturated heterocycles. The Hall–Kier alpha value is 1.96. The van der Waals surface area contributed by atoms with Crippen LogP contribution >= 0.6 is 0 Å². The van der Waals surface area contributed by atoms with Crippen LogP contribution in [0.4, 0.5) is 0 Å². The normalized spacial score (nSPS) is 1.00. The summed E-state index contributed by atoms with van der Waals surface area (Å²) in [5.41, 5.74) is 0. The Morgan fingerprint density at radius 1 is 1.25 bits per heavy atom. The van der Waals surface area contributed by atoms with Crippen molar-refractivity contribution in [3.63, 3.8) is 0 Å². The average molecular weight is 461 g/mol. The van der Waals surface area contributed by atoms with E-state index in [0.717, 1.165) is 0 Å². The molecule has 0 aromatic rings. The first-order chi connectivity index (χ1) is 1.00. The fraction of sp³-hybridized carbons (Fsp3) is 0. The van der Waals surface area contributed by atoms with Gasteiger partial charge >= 0.3 is 27.5 Å². The van der Waals surface area contributed by atoms with E-state index in [1.807, 2.05) is 0 Å². The molecule has 0 heterocycles. The van der Waals surface area contributed by atoms with Crippen LogP contribution in [0.15, 0.2) is 0 Å². The summed E-state index contributed by atoms with van der Waals surface area (Å²) >= 11 is 0.0556. The topological polar surface area (TPSA) is 17.1 Å². The predicted octanol–water partition coefficient (Wildman–Crippen LogP) is -0.772. The quantitative estimate of drug-likeness (QED) is 0.434. The van der Waals surface area contributed by atoms with Gasteiger partial charge in [-0.05, 0) is 0 Å². The van der Waals surface area contributed by atoms with Gasteiger partial charge in [-0.2, -0.15) is 0 Å². The predicted molar refractivity (Wildman–Crippen MR) is 7.84 cm³/mol. The largest absolute Gasteiger partial charge is 0 e. The molecule has 1 radical (unpaired) electrons.